The Morgan fingerprint density at radius 2 is 2.08 bits per heavy atom. The Morgan fingerprint density at radius 1 is 1.38 bits per heavy atom. The van der Waals surface area contributed by atoms with Crippen LogP contribution in [0.1, 0.15) is 18.4 Å². The number of hydrogen-bond acceptors (Lipinski definition) is 4. The van der Waals surface area contributed by atoms with Crippen molar-refractivity contribution in [3.63, 3.8) is 0 Å². The third-order valence-electron chi connectivity index (χ3n) is 2.42. The molecular formula is C8H11BN2O2. The van der Waals surface area contributed by atoms with Crippen LogP contribution >= 0.6 is 0 Å². The first kappa shape index (κ1) is 8.68. The van der Waals surface area contributed by atoms with Gasteiger partial charge in [-0.3, -0.25) is 4.98 Å². The zero-order valence-corrected chi connectivity index (χ0v) is 7.14. The molecule has 1 aromatic heterocycles. The van der Waals surface area contributed by atoms with E-state index in [1.807, 2.05) is 0 Å². The summed E-state index contributed by atoms with van der Waals surface area (Å²) in [5.74, 6) is 0. The SMILES string of the molecule is NC1(c2cncc(B(O)O)c2)CC1. The van der Waals surface area contributed by atoms with Gasteiger partial charge in [0.1, 0.15) is 0 Å². The summed E-state index contributed by atoms with van der Waals surface area (Å²) in [7, 11) is -1.46. The highest BCUT2D eigenvalue weighted by Crippen LogP contribution is 2.41. The summed E-state index contributed by atoms with van der Waals surface area (Å²) < 4.78 is 0. The van der Waals surface area contributed by atoms with Gasteiger partial charge in [0.2, 0.25) is 0 Å². The van der Waals surface area contributed by atoms with E-state index in [2.05, 4.69) is 4.98 Å². The summed E-state index contributed by atoms with van der Waals surface area (Å²) in [6.07, 6.45) is 5.00. The van der Waals surface area contributed by atoms with Gasteiger partial charge in [0.05, 0.1) is 0 Å². The molecule has 0 spiro atoms. The molecule has 0 unspecified atom stereocenters. The Kier molecular flexibility index (Phi) is 1.87. The molecule has 1 fully saturated rings. The number of pyridine rings is 1. The van der Waals surface area contributed by atoms with Crippen LogP contribution < -0.4 is 11.2 Å². The summed E-state index contributed by atoms with van der Waals surface area (Å²) in [5.41, 5.74) is 6.95. The normalized spacial score (nSPS) is 18.4. The maximum absolute atomic E-state index is 8.91. The van der Waals surface area contributed by atoms with Gasteiger partial charge in [0.15, 0.2) is 0 Å². The van der Waals surface area contributed by atoms with Crippen molar-refractivity contribution in [2.75, 3.05) is 0 Å². The van der Waals surface area contributed by atoms with Crippen LogP contribution in [0.2, 0.25) is 0 Å². The predicted molar refractivity (Wildman–Crippen MR) is 49.2 cm³/mol. The van der Waals surface area contributed by atoms with Crippen LogP contribution in [0.15, 0.2) is 18.5 Å². The van der Waals surface area contributed by atoms with Crippen molar-refractivity contribution in [3.8, 4) is 0 Å². The fourth-order valence-corrected chi connectivity index (χ4v) is 1.29. The molecular weight excluding hydrogens is 167 g/mol. The van der Waals surface area contributed by atoms with Crippen LogP contribution in [-0.2, 0) is 5.54 Å². The van der Waals surface area contributed by atoms with Gasteiger partial charge < -0.3 is 15.8 Å². The standard InChI is InChI=1S/C8H11BN2O2/c10-8(1-2-8)6-3-7(9(12)13)5-11-4-6/h3-5,12-13H,1-2,10H2. The van der Waals surface area contributed by atoms with Crippen LogP contribution in [0.5, 0.6) is 0 Å². The van der Waals surface area contributed by atoms with Crippen molar-refractivity contribution in [1.82, 2.24) is 4.98 Å². The maximum atomic E-state index is 8.91. The molecule has 5 heteroatoms. The van der Waals surface area contributed by atoms with Crippen molar-refractivity contribution in [2.45, 2.75) is 18.4 Å². The van der Waals surface area contributed by atoms with Crippen LogP contribution in [0.3, 0.4) is 0 Å². The molecule has 1 aliphatic carbocycles. The zero-order valence-electron chi connectivity index (χ0n) is 7.14. The monoisotopic (exact) mass is 178 g/mol. The lowest BCUT2D eigenvalue weighted by Crippen LogP contribution is -2.32. The van der Waals surface area contributed by atoms with Crippen LogP contribution in [0, 0.1) is 0 Å². The van der Waals surface area contributed by atoms with Crippen LogP contribution in [-0.4, -0.2) is 22.2 Å². The van der Waals surface area contributed by atoms with E-state index in [9.17, 15) is 0 Å². The molecule has 2 rings (SSSR count). The average molecular weight is 178 g/mol. The van der Waals surface area contributed by atoms with Gasteiger partial charge in [-0.2, -0.15) is 0 Å². The highest BCUT2D eigenvalue weighted by Gasteiger charge is 2.40. The van der Waals surface area contributed by atoms with Gasteiger partial charge in [0, 0.05) is 23.4 Å². The second-order valence-corrected chi connectivity index (χ2v) is 3.54. The van der Waals surface area contributed by atoms with Gasteiger partial charge in [-0.25, -0.2) is 0 Å². The summed E-state index contributed by atoms with van der Waals surface area (Å²) >= 11 is 0. The van der Waals surface area contributed by atoms with E-state index < -0.39 is 7.12 Å². The lowest BCUT2D eigenvalue weighted by Gasteiger charge is -2.09. The Balaban J connectivity index is 2.33. The average Bonchev–Trinajstić information content (AvgIpc) is 2.85. The van der Waals surface area contributed by atoms with E-state index in [-0.39, 0.29) is 5.54 Å². The molecule has 1 aliphatic rings. The fourth-order valence-electron chi connectivity index (χ4n) is 1.29. The van der Waals surface area contributed by atoms with E-state index in [1.165, 1.54) is 6.20 Å². The zero-order chi connectivity index (χ0) is 9.47. The van der Waals surface area contributed by atoms with Gasteiger partial charge in [-0.05, 0) is 18.4 Å². The molecule has 0 bridgehead atoms. The quantitative estimate of drug-likeness (QED) is 0.492. The van der Waals surface area contributed by atoms with Crippen molar-refractivity contribution in [2.24, 2.45) is 5.73 Å². The number of nitrogens with two attached hydrogens (primary N) is 1. The third-order valence-corrected chi connectivity index (χ3v) is 2.42. The molecule has 0 aliphatic heterocycles. The van der Waals surface area contributed by atoms with Crippen molar-refractivity contribution in [3.05, 3.63) is 24.0 Å². The molecule has 68 valence electrons. The minimum atomic E-state index is -1.46. The first-order valence-corrected chi connectivity index (χ1v) is 4.22. The molecule has 1 aromatic rings. The van der Waals surface area contributed by atoms with E-state index in [0.29, 0.717) is 5.46 Å². The Morgan fingerprint density at radius 3 is 2.62 bits per heavy atom. The lowest BCUT2D eigenvalue weighted by molar-refractivity contribution is 0.425. The summed E-state index contributed by atoms with van der Waals surface area (Å²) in [4.78, 5) is 3.91. The summed E-state index contributed by atoms with van der Waals surface area (Å²) in [6.45, 7) is 0. The van der Waals surface area contributed by atoms with E-state index in [4.69, 9.17) is 15.8 Å². The number of nitrogens with zero attached hydrogens (tertiary/aromatic N) is 1. The molecule has 1 heterocycles. The van der Waals surface area contributed by atoms with E-state index in [1.54, 1.807) is 12.3 Å². The highest BCUT2D eigenvalue weighted by atomic mass is 16.4. The summed E-state index contributed by atoms with van der Waals surface area (Å²) in [5, 5.41) is 17.8. The molecule has 4 N–H and O–H groups in total. The van der Waals surface area contributed by atoms with Crippen LogP contribution in [0.25, 0.3) is 0 Å². The van der Waals surface area contributed by atoms with Crippen LogP contribution in [0.4, 0.5) is 0 Å². The number of rotatable bonds is 2. The number of hydrogen-bond donors (Lipinski definition) is 3. The topological polar surface area (TPSA) is 79.4 Å². The summed E-state index contributed by atoms with van der Waals surface area (Å²) in [6, 6.07) is 1.70. The maximum Gasteiger partial charge on any atom is 0.490 e. The predicted octanol–water partition coefficient (Wildman–Crippen LogP) is -1.29. The third kappa shape index (κ3) is 1.58. The van der Waals surface area contributed by atoms with Crippen molar-refractivity contribution >= 4 is 12.6 Å². The molecule has 0 atom stereocenters. The second kappa shape index (κ2) is 2.80. The molecule has 0 aromatic carbocycles. The molecule has 1 saturated carbocycles. The largest absolute Gasteiger partial charge is 0.490 e. The Labute approximate surface area is 76.6 Å². The molecule has 4 nitrogen and oxygen atoms in total. The Hall–Kier alpha value is -0.905. The second-order valence-electron chi connectivity index (χ2n) is 3.54. The first-order chi connectivity index (χ1) is 6.12. The van der Waals surface area contributed by atoms with Gasteiger partial charge in [0.25, 0.3) is 0 Å². The van der Waals surface area contributed by atoms with Gasteiger partial charge in [-0.15, -0.1) is 0 Å². The lowest BCUT2D eigenvalue weighted by atomic mass is 9.80. The van der Waals surface area contributed by atoms with Crippen molar-refractivity contribution in [1.29, 1.82) is 0 Å². The minimum Gasteiger partial charge on any atom is -0.423 e. The smallest absolute Gasteiger partial charge is 0.423 e. The van der Waals surface area contributed by atoms with Crippen molar-refractivity contribution < 1.29 is 10.0 Å². The molecule has 0 radical (unpaired) electrons. The van der Waals surface area contributed by atoms with Gasteiger partial charge in [-0.1, -0.05) is 6.07 Å². The van der Waals surface area contributed by atoms with E-state index >= 15 is 0 Å². The minimum absolute atomic E-state index is 0.266. The molecule has 0 amide bonds. The Bertz CT molecular complexity index is 326. The van der Waals surface area contributed by atoms with E-state index in [0.717, 1.165) is 18.4 Å². The fraction of sp³-hybridized carbons (Fsp3) is 0.375. The number of aromatic nitrogens is 1. The first-order valence-electron chi connectivity index (χ1n) is 4.22. The molecule has 0 saturated heterocycles. The molecule has 13 heavy (non-hydrogen) atoms. The van der Waals surface area contributed by atoms with Gasteiger partial charge >= 0.3 is 7.12 Å². The highest BCUT2D eigenvalue weighted by molar-refractivity contribution is 6.58.